The zero-order chi connectivity index (χ0) is 18.8. The molecule has 0 bridgehead atoms. The Morgan fingerprint density at radius 3 is 2.36 bits per heavy atom. The summed E-state index contributed by atoms with van der Waals surface area (Å²) in [5.41, 5.74) is -0.810. The molecule has 0 aliphatic carbocycles. The van der Waals surface area contributed by atoms with Gasteiger partial charge in [-0.2, -0.15) is 0 Å². The van der Waals surface area contributed by atoms with Crippen molar-refractivity contribution in [2.45, 2.75) is 44.9 Å². The van der Waals surface area contributed by atoms with Crippen LogP contribution in [0.5, 0.6) is 5.75 Å². The Kier molecular flexibility index (Phi) is 5.15. The van der Waals surface area contributed by atoms with Crippen molar-refractivity contribution < 1.29 is 29.1 Å². The van der Waals surface area contributed by atoms with Crippen LogP contribution in [-0.4, -0.2) is 51.3 Å². The van der Waals surface area contributed by atoms with Crippen molar-refractivity contribution in [3.05, 3.63) is 34.4 Å². The number of amides is 1. The Bertz CT molecular complexity index is 666. The third-order valence-electron chi connectivity index (χ3n) is 3.53. The average molecular weight is 352 g/mol. The van der Waals surface area contributed by atoms with Gasteiger partial charge in [0.05, 0.1) is 11.5 Å². The van der Waals surface area contributed by atoms with Crippen LogP contribution in [0.1, 0.15) is 27.2 Å². The second-order valence-electron chi connectivity index (χ2n) is 6.71. The van der Waals surface area contributed by atoms with E-state index in [1.54, 1.807) is 20.8 Å². The van der Waals surface area contributed by atoms with Crippen LogP contribution >= 0.6 is 0 Å². The van der Waals surface area contributed by atoms with Crippen molar-refractivity contribution in [1.29, 1.82) is 0 Å². The van der Waals surface area contributed by atoms with Gasteiger partial charge in [0.2, 0.25) is 0 Å². The molecular formula is C16H20N2O7. The smallest absolute Gasteiger partial charge is 0.411 e. The van der Waals surface area contributed by atoms with Crippen molar-refractivity contribution in [3.63, 3.8) is 0 Å². The number of rotatable bonds is 4. The second kappa shape index (κ2) is 6.96. The molecule has 0 spiro atoms. The van der Waals surface area contributed by atoms with E-state index >= 15 is 0 Å². The van der Waals surface area contributed by atoms with Crippen LogP contribution < -0.4 is 4.74 Å². The Hall–Kier alpha value is -2.84. The normalized spacial score (nSPS) is 20.2. The quantitative estimate of drug-likeness (QED) is 0.653. The predicted molar refractivity (Wildman–Crippen MR) is 86.5 cm³/mol. The third-order valence-corrected chi connectivity index (χ3v) is 3.53. The SMILES string of the molecule is CC(C)(C)OC(=O)N1CC(Oc2ccc([N+](=O)[O-])cc2)C[C@H]1C(=O)O. The average Bonchev–Trinajstić information content (AvgIpc) is 2.90. The van der Waals surface area contributed by atoms with Crippen LogP contribution in [0.4, 0.5) is 10.5 Å². The lowest BCUT2D eigenvalue weighted by Crippen LogP contribution is -2.43. The third kappa shape index (κ3) is 4.82. The number of likely N-dealkylation sites (tertiary alicyclic amines) is 1. The first-order chi connectivity index (χ1) is 11.6. The molecule has 9 nitrogen and oxygen atoms in total. The molecule has 9 heteroatoms. The molecule has 0 saturated carbocycles. The first-order valence-corrected chi connectivity index (χ1v) is 7.70. The van der Waals surface area contributed by atoms with Gasteiger partial charge in [0.15, 0.2) is 0 Å². The number of carboxylic acid groups (broad SMARTS) is 1. The minimum atomic E-state index is -1.14. The number of ether oxygens (including phenoxy) is 2. The Morgan fingerprint density at radius 2 is 1.88 bits per heavy atom. The molecule has 1 aromatic carbocycles. The van der Waals surface area contributed by atoms with Crippen molar-refractivity contribution in [2.24, 2.45) is 0 Å². The van der Waals surface area contributed by atoms with E-state index in [1.165, 1.54) is 24.3 Å². The number of hydrogen-bond acceptors (Lipinski definition) is 6. The number of carbonyl (C=O) groups is 2. The number of hydrogen-bond donors (Lipinski definition) is 1. The number of non-ortho nitro benzene ring substituents is 1. The van der Waals surface area contributed by atoms with Crippen molar-refractivity contribution in [2.75, 3.05) is 6.54 Å². The van der Waals surface area contributed by atoms with E-state index in [-0.39, 0.29) is 18.7 Å². The fourth-order valence-electron chi connectivity index (χ4n) is 2.48. The fraction of sp³-hybridized carbons (Fsp3) is 0.500. The van der Waals surface area contributed by atoms with E-state index in [1.807, 2.05) is 0 Å². The standard InChI is InChI=1S/C16H20N2O7/c1-16(2,3)25-15(21)17-9-12(8-13(17)14(19)20)24-11-6-4-10(5-7-11)18(22)23/h4-7,12-13H,8-9H2,1-3H3,(H,19,20)/t12?,13-/m0/s1. The lowest BCUT2D eigenvalue weighted by Gasteiger charge is -2.26. The van der Waals surface area contributed by atoms with Gasteiger partial charge in [-0.1, -0.05) is 0 Å². The number of benzene rings is 1. The van der Waals surface area contributed by atoms with Gasteiger partial charge in [0.25, 0.3) is 5.69 Å². The second-order valence-corrected chi connectivity index (χ2v) is 6.71. The minimum Gasteiger partial charge on any atom is -0.488 e. The molecule has 1 aliphatic heterocycles. The lowest BCUT2D eigenvalue weighted by molar-refractivity contribution is -0.384. The van der Waals surface area contributed by atoms with Crippen LogP contribution in [0.25, 0.3) is 0 Å². The summed E-state index contributed by atoms with van der Waals surface area (Å²) >= 11 is 0. The molecule has 1 aliphatic rings. The molecule has 1 aromatic rings. The van der Waals surface area contributed by atoms with E-state index in [0.717, 1.165) is 4.90 Å². The number of nitro groups is 1. The van der Waals surface area contributed by atoms with E-state index in [0.29, 0.717) is 5.75 Å². The van der Waals surface area contributed by atoms with Gasteiger partial charge in [-0.05, 0) is 32.9 Å². The number of carboxylic acids is 1. The number of aliphatic carboxylic acids is 1. The van der Waals surface area contributed by atoms with E-state index in [2.05, 4.69) is 0 Å². The summed E-state index contributed by atoms with van der Waals surface area (Å²) in [7, 11) is 0. The number of nitrogens with zero attached hydrogens (tertiary/aromatic N) is 2. The van der Waals surface area contributed by atoms with Gasteiger partial charge in [-0.25, -0.2) is 9.59 Å². The van der Waals surface area contributed by atoms with Gasteiger partial charge < -0.3 is 14.6 Å². The maximum Gasteiger partial charge on any atom is 0.411 e. The summed E-state index contributed by atoms with van der Waals surface area (Å²) in [5.74, 6) is -0.772. The summed E-state index contributed by atoms with van der Waals surface area (Å²) in [4.78, 5) is 34.9. The zero-order valence-corrected chi connectivity index (χ0v) is 14.2. The molecule has 2 rings (SSSR count). The summed E-state index contributed by atoms with van der Waals surface area (Å²) in [6, 6.07) is 4.42. The summed E-state index contributed by atoms with van der Waals surface area (Å²) < 4.78 is 10.9. The first-order valence-electron chi connectivity index (χ1n) is 7.70. The van der Waals surface area contributed by atoms with E-state index in [4.69, 9.17) is 9.47 Å². The minimum absolute atomic E-state index is 0.0584. The number of carbonyl (C=O) groups excluding carboxylic acids is 1. The highest BCUT2D eigenvalue weighted by molar-refractivity contribution is 5.81. The molecule has 1 N–H and O–H groups in total. The van der Waals surface area contributed by atoms with Crippen LogP contribution in [0, 0.1) is 10.1 Å². The highest BCUT2D eigenvalue weighted by Crippen LogP contribution is 2.26. The van der Waals surface area contributed by atoms with Crippen LogP contribution in [0.2, 0.25) is 0 Å². The molecule has 2 atom stereocenters. The molecule has 1 fully saturated rings. The molecule has 136 valence electrons. The molecule has 1 unspecified atom stereocenters. The van der Waals surface area contributed by atoms with Crippen molar-refractivity contribution >= 4 is 17.7 Å². The molecule has 1 amide bonds. The van der Waals surface area contributed by atoms with E-state index in [9.17, 15) is 24.8 Å². The molecule has 0 aromatic heterocycles. The Morgan fingerprint density at radius 1 is 1.28 bits per heavy atom. The van der Waals surface area contributed by atoms with Gasteiger partial charge in [0.1, 0.15) is 23.5 Å². The topological polar surface area (TPSA) is 119 Å². The van der Waals surface area contributed by atoms with Crippen LogP contribution in [-0.2, 0) is 9.53 Å². The highest BCUT2D eigenvalue weighted by Gasteiger charge is 2.42. The van der Waals surface area contributed by atoms with Crippen LogP contribution in [0.15, 0.2) is 24.3 Å². The fourth-order valence-corrected chi connectivity index (χ4v) is 2.48. The number of nitro benzene ring substituents is 1. The first kappa shape index (κ1) is 18.5. The molecule has 25 heavy (non-hydrogen) atoms. The van der Waals surface area contributed by atoms with Gasteiger partial charge in [-0.3, -0.25) is 15.0 Å². The van der Waals surface area contributed by atoms with Gasteiger partial charge >= 0.3 is 12.1 Å². The Labute approximate surface area is 144 Å². The van der Waals surface area contributed by atoms with Gasteiger partial charge in [0, 0.05) is 18.6 Å². The lowest BCUT2D eigenvalue weighted by atomic mass is 10.2. The van der Waals surface area contributed by atoms with Crippen molar-refractivity contribution in [3.8, 4) is 5.75 Å². The molecule has 1 saturated heterocycles. The monoisotopic (exact) mass is 352 g/mol. The van der Waals surface area contributed by atoms with E-state index < -0.39 is 34.7 Å². The highest BCUT2D eigenvalue weighted by atomic mass is 16.6. The largest absolute Gasteiger partial charge is 0.488 e. The summed E-state index contributed by atoms with van der Waals surface area (Å²) in [6.07, 6.45) is -1.16. The summed E-state index contributed by atoms with van der Waals surface area (Å²) in [5, 5.41) is 20.0. The maximum absolute atomic E-state index is 12.2. The van der Waals surface area contributed by atoms with Gasteiger partial charge in [-0.15, -0.1) is 0 Å². The zero-order valence-electron chi connectivity index (χ0n) is 14.2. The predicted octanol–water partition coefficient (Wildman–Crippen LogP) is 2.44. The maximum atomic E-state index is 12.2. The molecule has 1 heterocycles. The van der Waals surface area contributed by atoms with Crippen LogP contribution in [0.3, 0.4) is 0 Å². The molecular weight excluding hydrogens is 332 g/mol. The van der Waals surface area contributed by atoms with Crippen molar-refractivity contribution in [1.82, 2.24) is 4.90 Å². The summed E-state index contributed by atoms with van der Waals surface area (Å²) in [6.45, 7) is 5.15. The molecule has 0 radical (unpaired) electrons. The Balaban J connectivity index is 2.07.